The van der Waals surface area contributed by atoms with Crippen molar-refractivity contribution in [1.29, 1.82) is 0 Å². The Morgan fingerprint density at radius 1 is 0.929 bits per heavy atom. The van der Waals surface area contributed by atoms with E-state index in [2.05, 4.69) is 26.5 Å². The second-order valence-electron chi connectivity index (χ2n) is 8.62. The summed E-state index contributed by atoms with van der Waals surface area (Å²) in [5.41, 5.74) is 2.32. The molecular weight excluding hydrogens is 549 g/mol. The largest absolute Gasteiger partial charge is 0.457 e. The van der Waals surface area contributed by atoms with Gasteiger partial charge >= 0.3 is 6.18 Å². The first kappa shape index (κ1) is 31.6. The van der Waals surface area contributed by atoms with Gasteiger partial charge in [0, 0.05) is 30.8 Å². The van der Waals surface area contributed by atoms with E-state index in [4.69, 9.17) is 14.4 Å². The number of amides is 1. The molecule has 11 heteroatoms. The molecule has 0 heterocycles. The second kappa shape index (κ2) is 15.2. The van der Waals surface area contributed by atoms with Crippen LogP contribution in [-0.2, 0) is 27.3 Å². The maximum atomic E-state index is 13.1. The average Bonchev–Trinajstić information content (AvgIpc) is 2.99. The fourth-order valence-electron chi connectivity index (χ4n) is 3.77. The number of oxime groups is 2. The molecule has 0 spiro atoms. The van der Waals surface area contributed by atoms with Gasteiger partial charge in [0.05, 0.1) is 5.56 Å². The van der Waals surface area contributed by atoms with Crippen LogP contribution in [0.2, 0.25) is 0 Å². The normalized spacial score (nSPS) is 11.8. The molecule has 3 aromatic carbocycles. The highest BCUT2D eigenvalue weighted by molar-refractivity contribution is 6.48. The van der Waals surface area contributed by atoms with Crippen molar-refractivity contribution in [3.8, 4) is 11.5 Å². The Morgan fingerprint density at radius 2 is 1.67 bits per heavy atom. The molecule has 0 radical (unpaired) electrons. The lowest BCUT2D eigenvalue weighted by atomic mass is 10.0. The molecule has 0 aromatic heterocycles. The van der Waals surface area contributed by atoms with Crippen molar-refractivity contribution in [2.75, 3.05) is 20.7 Å². The molecule has 0 atom stereocenters. The molecule has 0 unspecified atom stereocenters. The third kappa shape index (κ3) is 8.55. The minimum Gasteiger partial charge on any atom is -0.457 e. The summed E-state index contributed by atoms with van der Waals surface area (Å²) in [6, 6.07) is 18.5. The van der Waals surface area contributed by atoms with Crippen LogP contribution in [0.5, 0.6) is 11.5 Å². The summed E-state index contributed by atoms with van der Waals surface area (Å²) in [6.07, 6.45) is -4.03. The lowest BCUT2D eigenvalue weighted by Gasteiger charge is -2.12. The van der Waals surface area contributed by atoms with E-state index in [0.717, 1.165) is 12.1 Å². The summed E-state index contributed by atoms with van der Waals surface area (Å²) in [5.74, 6) is 2.80. The standard InChI is InChI=1S/C31H31F3N4O4/c1-5-28(37-41-20-22-10-7-8-13-26(22)27(19-35-3)30(39)36-4)29(38-40-6-2)21-14-16-24(17-15-21)42-25-12-9-11-23(18-25)31(32,33)34/h7-18H,5-6,20H2,1-4H3,(H,36,39). The number of rotatable bonds is 12. The number of benzene rings is 3. The lowest BCUT2D eigenvalue weighted by molar-refractivity contribution is -0.137. The summed E-state index contributed by atoms with van der Waals surface area (Å²) in [6.45, 7) is 4.05. The van der Waals surface area contributed by atoms with Crippen molar-refractivity contribution in [2.45, 2.75) is 33.1 Å². The number of halogens is 3. The Labute approximate surface area is 242 Å². The van der Waals surface area contributed by atoms with Crippen LogP contribution < -0.4 is 10.1 Å². The number of nitrogens with one attached hydrogen (secondary N) is 1. The number of alkyl halides is 3. The van der Waals surface area contributed by atoms with Crippen LogP contribution in [0.3, 0.4) is 0 Å². The number of carbonyl (C=O) groups is 1. The fourth-order valence-corrected chi connectivity index (χ4v) is 3.77. The molecule has 1 amide bonds. The topological polar surface area (TPSA) is 93.9 Å². The van der Waals surface area contributed by atoms with Crippen LogP contribution in [0.25, 0.3) is 5.57 Å². The molecule has 0 aliphatic heterocycles. The van der Waals surface area contributed by atoms with E-state index < -0.39 is 11.7 Å². The van der Waals surface area contributed by atoms with E-state index in [1.54, 1.807) is 43.3 Å². The number of aliphatic imine (C=N–C) groups is 1. The van der Waals surface area contributed by atoms with Crippen LogP contribution in [0.4, 0.5) is 13.2 Å². The predicted octanol–water partition coefficient (Wildman–Crippen LogP) is 6.65. The lowest BCUT2D eigenvalue weighted by Crippen LogP contribution is -2.20. The van der Waals surface area contributed by atoms with Gasteiger partial charge in [-0.25, -0.2) is 4.99 Å². The van der Waals surface area contributed by atoms with Gasteiger partial charge in [0.1, 0.15) is 41.7 Å². The molecule has 3 aromatic rings. The number of nitrogens with zero attached hydrogens (tertiary/aromatic N) is 3. The molecule has 0 fully saturated rings. The van der Waals surface area contributed by atoms with Crippen LogP contribution >= 0.6 is 0 Å². The molecule has 220 valence electrons. The molecule has 1 N–H and O–H groups in total. The summed E-state index contributed by atoms with van der Waals surface area (Å²) >= 11 is 0. The molecular formula is C31H31F3N4O4. The quantitative estimate of drug-likeness (QED) is 0.147. The van der Waals surface area contributed by atoms with Gasteiger partial charge in [-0.05, 0) is 61.7 Å². The van der Waals surface area contributed by atoms with Gasteiger partial charge in [0.25, 0.3) is 5.91 Å². The molecule has 0 saturated carbocycles. The number of hydrogen-bond acceptors (Lipinski definition) is 7. The maximum Gasteiger partial charge on any atom is 0.416 e. The van der Waals surface area contributed by atoms with Crippen LogP contribution in [0.1, 0.15) is 42.5 Å². The zero-order chi connectivity index (χ0) is 30.5. The fraction of sp³-hybridized carbons (Fsp3) is 0.258. The zero-order valence-electron chi connectivity index (χ0n) is 23.7. The van der Waals surface area contributed by atoms with Crippen molar-refractivity contribution in [1.82, 2.24) is 5.32 Å². The van der Waals surface area contributed by atoms with E-state index >= 15 is 0 Å². The Hall–Kier alpha value is -4.89. The van der Waals surface area contributed by atoms with Crippen molar-refractivity contribution < 1.29 is 32.4 Å². The minimum absolute atomic E-state index is 0.0528. The first-order valence-corrected chi connectivity index (χ1v) is 13.1. The van der Waals surface area contributed by atoms with Crippen molar-refractivity contribution in [3.63, 3.8) is 0 Å². The van der Waals surface area contributed by atoms with Gasteiger partial charge in [-0.15, -0.1) is 0 Å². The van der Waals surface area contributed by atoms with Crippen molar-refractivity contribution >= 4 is 28.8 Å². The smallest absolute Gasteiger partial charge is 0.416 e. The number of ether oxygens (including phenoxy) is 1. The zero-order valence-corrected chi connectivity index (χ0v) is 23.7. The Kier molecular flexibility index (Phi) is 11.5. The molecule has 0 bridgehead atoms. The number of likely N-dealkylation sites (N-methyl/N-ethyl adjacent to an activating group) is 1. The van der Waals surface area contributed by atoms with E-state index in [9.17, 15) is 18.0 Å². The molecule has 3 rings (SSSR count). The van der Waals surface area contributed by atoms with Gasteiger partial charge < -0.3 is 19.7 Å². The third-order valence-electron chi connectivity index (χ3n) is 5.78. The Morgan fingerprint density at radius 3 is 2.31 bits per heavy atom. The van der Waals surface area contributed by atoms with Gasteiger partial charge in [-0.1, -0.05) is 47.6 Å². The van der Waals surface area contributed by atoms with Gasteiger partial charge in [-0.3, -0.25) is 4.79 Å². The SMILES string of the molecule is CCON=C(C(CC)=NOCc1ccccc1C(=C=NC)C(=O)NC)c1ccc(Oc2cccc(C(F)(F)F)c2)cc1. The van der Waals surface area contributed by atoms with Gasteiger partial charge in [0.2, 0.25) is 0 Å². The molecule has 8 nitrogen and oxygen atoms in total. The van der Waals surface area contributed by atoms with Gasteiger partial charge in [-0.2, -0.15) is 13.2 Å². The van der Waals surface area contributed by atoms with Crippen molar-refractivity contribution in [2.24, 2.45) is 15.3 Å². The van der Waals surface area contributed by atoms with Gasteiger partial charge in [0.15, 0.2) is 0 Å². The molecule has 42 heavy (non-hydrogen) atoms. The Balaban J connectivity index is 1.83. The van der Waals surface area contributed by atoms with Crippen LogP contribution in [0, 0.1) is 0 Å². The molecule has 0 saturated heterocycles. The highest BCUT2D eigenvalue weighted by Gasteiger charge is 2.30. The molecule has 0 aliphatic carbocycles. The molecule has 0 aliphatic rings. The number of carbonyl (C=O) groups excluding carboxylic acids is 1. The highest BCUT2D eigenvalue weighted by Crippen LogP contribution is 2.32. The minimum atomic E-state index is -4.47. The van der Waals surface area contributed by atoms with E-state index in [1.807, 2.05) is 19.1 Å². The number of hydrogen-bond donors (Lipinski definition) is 1. The average molecular weight is 581 g/mol. The highest BCUT2D eigenvalue weighted by atomic mass is 19.4. The van der Waals surface area contributed by atoms with Crippen molar-refractivity contribution in [3.05, 3.63) is 95.1 Å². The monoisotopic (exact) mass is 580 g/mol. The van der Waals surface area contributed by atoms with Crippen LogP contribution in [0.15, 0.2) is 88.1 Å². The van der Waals surface area contributed by atoms with E-state index in [0.29, 0.717) is 46.9 Å². The summed E-state index contributed by atoms with van der Waals surface area (Å²) in [7, 11) is 3.06. The second-order valence-corrected chi connectivity index (χ2v) is 8.62. The first-order chi connectivity index (χ1) is 20.2. The first-order valence-electron chi connectivity index (χ1n) is 13.1. The third-order valence-corrected chi connectivity index (χ3v) is 5.78. The van der Waals surface area contributed by atoms with E-state index in [1.165, 1.54) is 26.2 Å². The summed E-state index contributed by atoms with van der Waals surface area (Å²) < 4.78 is 44.8. The predicted molar refractivity (Wildman–Crippen MR) is 156 cm³/mol. The van der Waals surface area contributed by atoms with E-state index in [-0.39, 0.29) is 23.8 Å². The maximum absolute atomic E-state index is 13.1. The summed E-state index contributed by atoms with van der Waals surface area (Å²) in [5, 5.41) is 11.1. The Bertz CT molecular complexity index is 1490. The van der Waals surface area contributed by atoms with Crippen LogP contribution in [-0.4, -0.2) is 43.9 Å². The summed E-state index contributed by atoms with van der Waals surface area (Å²) in [4.78, 5) is 27.3.